The van der Waals surface area contributed by atoms with Crippen molar-refractivity contribution in [2.75, 3.05) is 0 Å². The maximum absolute atomic E-state index is 10.6. The number of rotatable bonds is 5. The maximum atomic E-state index is 10.6. The molecule has 13 heavy (non-hydrogen) atoms. The average molecular weight is 190 g/mol. The first-order valence-electron chi connectivity index (χ1n) is 3.61. The van der Waals surface area contributed by atoms with Gasteiger partial charge in [-0.25, -0.2) is 4.79 Å². The lowest BCUT2D eigenvalue weighted by molar-refractivity contribution is -0.167. The number of hydrogen-bond donors (Lipinski definition) is 2. The van der Waals surface area contributed by atoms with Crippen LogP contribution in [0.15, 0.2) is 0 Å². The Kier molecular flexibility index (Phi) is 4.50. The smallest absolute Gasteiger partial charge is 0.345 e. The molecule has 6 nitrogen and oxygen atoms in total. The van der Waals surface area contributed by atoms with Crippen LogP contribution in [0.3, 0.4) is 0 Å². The Hall–Kier alpha value is -1.59. The predicted octanol–water partition coefficient (Wildman–Crippen LogP) is -0.132. The summed E-state index contributed by atoms with van der Waals surface area (Å²) in [7, 11) is 0. The number of carbonyl (C=O) groups excluding carboxylic acids is 1. The first-order chi connectivity index (χ1) is 5.97. The molecule has 0 aliphatic heterocycles. The molecule has 0 aliphatic rings. The van der Waals surface area contributed by atoms with Gasteiger partial charge in [0.25, 0.3) is 0 Å². The summed E-state index contributed by atoms with van der Waals surface area (Å²) in [5, 5.41) is 16.7. The molecule has 0 saturated carbocycles. The number of esters is 1. The maximum Gasteiger partial charge on any atom is 0.345 e. The molecule has 0 aromatic rings. The normalized spacial score (nSPS) is 11.8. The molecule has 0 amide bonds. The Morgan fingerprint density at radius 1 is 1.31 bits per heavy atom. The lowest BCUT2D eigenvalue weighted by Crippen LogP contribution is -2.29. The summed E-state index contributed by atoms with van der Waals surface area (Å²) in [6, 6.07) is 0. The van der Waals surface area contributed by atoms with Gasteiger partial charge in [0.1, 0.15) is 0 Å². The molecule has 0 spiro atoms. The lowest BCUT2D eigenvalue weighted by Gasteiger charge is -2.10. The highest BCUT2D eigenvalue weighted by molar-refractivity contribution is 5.82. The van der Waals surface area contributed by atoms with Gasteiger partial charge in [-0.2, -0.15) is 0 Å². The van der Waals surface area contributed by atoms with E-state index in [1.165, 1.54) is 6.92 Å². The molecule has 0 bridgehead atoms. The van der Waals surface area contributed by atoms with Crippen molar-refractivity contribution >= 4 is 17.9 Å². The Balaban J connectivity index is 4.18. The van der Waals surface area contributed by atoms with Gasteiger partial charge in [0.05, 0.1) is 6.42 Å². The van der Waals surface area contributed by atoms with Crippen molar-refractivity contribution in [3.05, 3.63) is 0 Å². The molecule has 0 radical (unpaired) electrons. The molecule has 0 unspecified atom stereocenters. The van der Waals surface area contributed by atoms with Crippen LogP contribution in [0.4, 0.5) is 0 Å². The lowest BCUT2D eigenvalue weighted by atomic mass is 10.2. The summed E-state index contributed by atoms with van der Waals surface area (Å²) < 4.78 is 4.35. The molecule has 0 heterocycles. The van der Waals surface area contributed by atoms with E-state index in [0.717, 1.165) is 0 Å². The number of ether oxygens (including phenoxy) is 1. The fourth-order valence-corrected chi connectivity index (χ4v) is 0.580. The molecule has 0 aromatic heterocycles. The molecular weight excluding hydrogens is 180 g/mol. The summed E-state index contributed by atoms with van der Waals surface area (Å²) in [4.78, 5) is 31.1. The first kappa shape index (κ1) is 11.4. The van der Waals surface area contributed by atoms with Crippen LogP contribution in [0, 0.1) is 0 Å². The molecule has 0 saturated heterocycles. The van der Waals surface area contributed by atoms with Gasteiger partial charge >= 0.3 is 17.9 Å². The average Bonchev–Trinajstić information content (AvgIpc) is 2.02. The van der Waals surface area contributed by atoms with Crippen molar-refractivity contribution < 1.29 is 29.3 Å². The minimum Gasteiger partial charge on any atom is -0.481 e. The second kappa shape index (κ2) is 5.13. The molecule has 1 atom stereocenters. The van der Waals surface area contributed by atoms with E-state index in [1.807, 2.05) is 0 Å². The third kappa shape index (κ3) is 4.78. The van der Waals surface area contributed by atoms with Crippen molar-refractivity contribution in [3.8, 4) is 0 Å². The second-order valence-electron chi connectivity index (χ2n) is 2.27. The Morgan fingerprint density at radius 2 is 1.85 bits per heavy atom. The number of carboxylic acids is 2. The van der Waals surface area contributed by atoms with Gasteiger partial charge in [-0.1, -0.05) is 6.92 Å². The largest absolute Gasteiger partial charge is 0.481 e. The van der Waals surface area contributed by atoms with E-state index in [2.05, 4.69) is 4.74 Å². The zero-order valence-electron chi connectivity index (χ0n) is 7.02. The van der Waals surface area contributed by atoms with Crippen molar-refractivity contribution in [3.63, 3.8) is 0 Å². The highest BCUT2D eigenvalue weighted by atomic mass is 16.6. The standard InChI is InChI=1S/C7H10O6/c1-2-6(10)13-4(7(11)12)3-5(8)9/h4H,2-3H2,1H3,(H,8,9)(H,11,12)/t4-/m1/s1. The van der Waals surface area contributed by atoms with Gasteiger partial charge in [0, 0.05) is 6.42 Å². The fourth-order valence-electron chi connectivity index (χ4n) is 0.580. The molecule has 6 heteroatoms. The van der Waals surface area contributed by atoms with Crippen molar-refractivity contribution in [1.29, 1.82) is 0 Å². The highest BCUT2D eigenvalue weighted by Gasteiger charge is 2.24. The summed E-state index contributed by atoms with van der Waals surface area (Å²) in [6.45, 7) is 1.49. The third-order valence-electron chi connectivity index (χ3n) is 1.20. The van der Waals surface area contributed by atoms with E-state index < -0.39 is 30.4 Å². The Bertz CT molecular complexity index is 221. The number of aliphatic carboxylic acids is 2. The minimum absolute atomic E-state index is 0.0173. The zero-order chi connectivity index (χ0) is 10.4. The first-order valence-corrected chi connectivity index (χ1v) is 3.61. The minimum atomic E-state index is -1.59. The summed E-state index contributed by atoms with van der Waals surface area (Å²) in [5.41, 5.74) is 0. The van der Waals surface area contributed by atoms with Crippen molar-refractivity contribution in [1.82, 2.24) is 0 Å². The van der Waals surface area contributed by atoms with Crippen LogP contribution < -0.4 is 0 Å². The zero-order valence-corrected chi connectivity index (χ0v) is 7.02. The fraction of sp³-hybridized carbons (Fsp3) is 0.571. The summed E-state index contributed by atoms with van der Waals surface area (Å²) >= 11 is 0. The number of carboxylic acid groups (broad SMARTS) is 2. The molecule has 2 N–H and O–H groups in total. The molecular formula is C7H10O6. The van der Waals surface area contributed by atoms with Crippen LogP contribution in [-0.2, 0) is 19.1 Å². The SMILES string of the molecule is CCC(=O)O[C@H](CC(=O)O)C(=O)O. The van der Waals surface area contributed by atoms with E-state index in [-0.39, 0.29) is 6.42 Å². The topological polar surface area (TPSA) is 101 Å². The van der Waals surface area contributed by atoms with Crippen LogP contribution in [0.2, 0.25) is 0 Å². The molecule has 0 fully saturated rings. The molecule has 0 rings (SSSR count). The van der Waals surface area contributed by atoms with Gasteiger partial charge in [-0.05, 0) is 0 Å². The van der Waals surface area contributed by atoms with Gasteiger partial charge in [-0.15, -0.1) is 0 Å². The second-order valence-corrected chi connectivity index (χ2v) is 2.27. The van der Waals surface area contributed by atoms with Crippen molar-refractivity contribution in [2.45, 2.75) is 25.9 Å². The van der Waals surface area contributed by atoms with E-state index in [4.69, 9.17) is 10.2 Å². The van der Waals surface area contributed by atoms with Crippen LogP contribution in [0.1, 0.15) is 19.8 Å². The van der Waals surface area contributed by atoms with E-state index in [1.54, 1.807) is 0 Å². The molecule has 0 aromatic carbocycles. The number of hydrogen-bond acceptors (Lipinski definition) is 4. The monoisotopic (exact) mass is 190 g/mol. The molecule has 0 aliphatic carbocycles. The van der Waals surface area contributed by atoms with Gasteiger partial charge < -0.3 is 14.9 Å². The summed E-state index contributed by atoms with van der Waals surface area (Å²) in [6.07, 6.45) is -2.30. The third-order valence-corrected chi connectivity index (χ3v) is 1.20. The van der Waals surface area contributed by atoms with Gasteiger partial charge in [0.2, 0.25) is 6.10 Å². The molecule has 74 valence electrons. The van der Waals surface area contributed by atoms with Crippen LogP contribution in [0.5, 0.6) is 0 Å². The summed E-state index contributed by atoms with van der Waals surface area (Å²) in [5.74, 6) is -3.51. The van der Waals surface area contributed by atoms with Gasteiger partial charge in [0.15, 0.2) is 0 Å². The quantitative estimate of drug-likeness (QED) is 0.585. The van der Waals surface area contributed by atoms with Crippen LogP contribution >= 0.6 is 0 Å². The van der Waals surface area contributed by atoms with E-state index >= 15 is 0 Å². The van der Waals surface area contributed by atoms with Crippen LogP contribution in [-0.4, -0.2) is 34.2 Å². The van der Waals surface area contributed by atoms with Crippen LogP contribution in [0.25, 0.3) is 0 Å². The van der Waals surface area contributed by atoms with Gasteiger partial charge in [-0.3, -0.25) is 9.59 Å². The Morgan fingerprint density at radius 3 is 2.15 bits per heavy atom. The highest BCUT2D eigenvalue weighted by Crippen LogP contribution is 2.01. The Labute approximate surface area is 74.1 Å². The number of carbonyl (C=O) groups is 3. The van der Waals surface area contributed by atoms with E-state index in [0.29, 0.717) is 0 Å². The van der Waals surface area contributed by atoms with Crippen molar-refractivity contribution in [2.24, 2.45) is 0 Å². The predicted molar refractivity (Wildman–Crippen MR) is 40.1 cm³/mol. The van der Waals surface area contributed by atoms with E-state index in [9.17, 15) is 14.4 Å².